The molecule has 0 unspecified atom stereocenters. The molecule has 0 bridgehead atoms. The van der Waals surface area contributed by atoms with Gasteiger partial charge in [-0.25, -0.2) is 0 Å². The highest BCUT2D eigenvalue weighted by atomic mass is 32.1. The monoisotopic (exact) mass is 199 g/mol. The van der Waals surface area contributed by atoms with E-state index in [2.05, 4.69) is 5.32 Å². The van der Waals surface area contributed by atoms with Crippen LogP contribution in [0.1, 0.15) is 10.4 Å². The van der Waals surface area contributed by atoms with E-state index < -0.39 is 0 Å². The molecule has 0 radical (unpaired) electrons. The summed E-state index contributed by atoms with van der Waals surface area (Å²) >= 11 is 1.65. The zero-order valence-electron chi connectivity index (χ0n) is 7.79. The molecule has 0 aliphatic rings. The predicted molar refractivity (Wildman–Crippen MR) is 52.8 cm³/mol. The molecule has 1 rings (SSSR count). The predicted octanol–water partition coefficient (Wildman–Crippen LogP) is 1.32. The minimum absolute atomic E-state index is 0.0738. The Kier molecular flexibility index (Phi) is 3.92. The van der Waals surface area contributed by atoms with Crippen molar-refractivity contribution in [2.24, 2.45) is 0 Å². The highest BCUT2D eigenvalue weighted by Gasteiger charge is 2.02. The van der Waals surface area contributed by atoms with Crippen molar-refractivity contribution in [1.29, 1.82) is 0 Å². The van der Waals surface area contributed by atoms with Crippen LogP contribution in [0.5, 0.6) is 0 Å². The molecule has 0 saturated carbocycles. The van der Waals surface area contributed by atoms with Crippen molar-refractivity contribution < 1.29 is 9.53 Å². The molecule has 0 aromatic carbocycles. The van der Waals surface area contributed by atoms with E-state index in [0.717, 1.165) is 0 Å². The summed E-state index contributed by atoms with van der Waals surface area (Å²) in [6.45, 7) is 2.77. The Morgan fingerprint density at radius 1 is 1.69 bits per heavy atom. The Bertz CT molecular complexity index is 283. The Morgan fingerprint density at radius 2 is 2.46 bits per heavy atom. The maximum absolute atomic E-state index is 11.0. The van der Waals surface area contributed by atoms with E-state index in [1.54, 1.807) is 11.3 Å². The SMILES string of the molecule is COCC(=O)NCc1sccc1C. The molecule has 1 aromatic heterocycles. The number of carbonyl (C=O) groups excluding carboxylic acids is 1. The molecule has 72 valence electrons. The standard InChI is InChI=1S/C9H13NO2S/c1-7-3-4-13-8(7)5-10-9(11)6-12-2/h3-4H,5-6H2,1-2H3,(H,10,11). The Balaban J connectivity index is 2.35. The molecule has 3 nitrogen and oxygen atoms in total. The highest BCUT2D eigenvalue weighted by molar-refractivity contribution is 7.10. The third-order valence-corrected chi connectivity index (χ3v) is 2.71. The van der Waals surface area contributed by atoms with Crippen molar-refractivity contribution in [3.05, 3.63) is 21.9 Å². The largest absolute Gasteiger partial charge is 0.375 e. The fourth-order valence-electron chi connectivity index (χ4n) is 0.946. The number of amides is 1. The molecular weight excluding hydrogens is 186 g/mol. The molecule has 0 saturated heterocycles. The van der Waals surface area contributed by atoms with E-state index in [-0.39, 0.29) is 12.5 Å². The molecular formula is C9H13NO2S. The Morgan fingerprint density at radius 3 is 3.00 bits per heavy atom. The van der Waals surface area contributed by atoms with Gasteiger partial charge in [0.05, 0.1) is 6.54 Å². The topological polar surface area (TPSA) is 38.3 Å². The van der Waals surface area contributed by atoms with E-state index >= 15 is 0 Å². The van der Waals surface area contributed by atoms with Crippen molar-refractivity contribution in [2.75, 3.05) is 13.7 Å². The van der Waals surface area contributed by atoms with Crippen LogP contribution in [-0.4, -0.2) is 19.6 Å². The maximum atomic E-state index is 11.0. The van der Waals surface area contributed by atoms with Crippen molar-refractivity contribution in [1.82, 2.24) is 5.32 Å². The summed E-state index contributed by atoms with van der Waals surface area (Å²) in [6.07, 6.45) is 0. The maximum Gasteiger partial charge on any atom is 0.246 e. The fraction of sp³-hybridized carbons (Fsp3) is 0.444. The molecule has 13 heavy (non-hydrogen) atoms. The second-order valence-corrected chi connectivity index (χ2v) is 3.74. The van der Waals surface area contributed by atoms with Gasteiger partial charge in [-0.1, -0.05) is 0 Å². The number of methoxy groups -OCH3 is 1. The molecule has 4 heteroatoms. The van der Waals surface area contributed by atoms with Gasteiger partial charge in [0.25, 0.3) is 0 Å². The lowest BCUT2D eigenvalue weighted by molar-refractivity contribution is -0.124. The van der Waals surface area contributed by atoms with Crippen LogP contribution in [0.2, 0.25) is 0 Å². The first-order valence-electron chi connectivity index (χ1n) is 4.02. The van der Waals surface area contributed by atoms with Crippen LogP contribution in [0.25, 0.3) is 0 Å². The van der Waals surface area contributed by atoms with Gasteiger partial charge in [0.15, 0.2) is 0 Å². The van der Waals surface area contributed by atoms with Gasteiger partial charge in [0.2, 0.25) is 5.91 Å². The van der Waals surface area contributed by atoms with Gasteiger partial charge in [-0.3, -0.25) is 4.79 Å². The van der Waals surface area contributed by atoms with Crippen molar-refractivity contribution in [2.45, 2.75) is 13.5 Å². The molecule has 0 aliphatic carbocycles. The van der Waals surface area contributed by atoms with E-state index in [9.17, 15) is 4.79 Å². The summed E-state index contributed by atoms with van der Waals surface area (Å²) < 4.78 is 4.70. The average molecular weight is 199 g/mol. The number of carbonyl (C=O) groups is 1. The lowest BCUT2D eigenvalue weighted by Gasteiger charge is -2.02. The molecule has 1 heterocycles. The molecule has 0 aliphatic heterocycles. The molecule has 1 amide bonds. The summed E-state index contributed by atoms with van der Waals surface area (Å²) in [4.78, 5) is 12.2. The third-order valence-electron chi connectivity index (χ3n) is 1.69. The van der Waals surface area contributed by atoms with E-state index in [1.807, 2.05) is 18.4 Å². The Hall–Kier alpha value is -0.870. The first kappa shape index (κ1) is 10.2. The number of hydrogen-bond acceptors (Lipinski definition) is 3. The lowest BCUT2D eigenvalue weighted by Crippen LogP contribution is -2.26. The van der Waals surface area contributed by atoms with Gasteiger partial charge in [-0.2, -0.15) is 0 Å². The minimum atomic E-state index is -0.0738. The average Bonchev–Trinajstić information content (AvgIpc) is 2.48. The summed E-state index contributed by atoms with van der Waals surface area (Å²) in [5.41, 5.74) is 1.22. The highest BCUT2D eigenvalue weighted by Crippen LogP contribution is 2.14. The van der Waals surface area contributed by atoms with Gasteiger partial charge < -0.3 is 10.1 Å². The number of aryl methyl sites for hydroxylation is 1. The number of rotatable bonds is 4. The summed E-state index contributed by atoms with van der Waals surface area (Å²) in [5.74, 6) is -0.0738. The van der Waals surface area contributed by atoms with Crippen molar-refractivity contribution >= 4 is 17.2 Å². The molecule has 0 spiro atoms. The number of nitrogens with one attached hydrogen (secondary N) is 1. The number of thiophene rings is 1. The van der Waals surface area contributed by atoms with E-state index in [1.165, 1.54) is 17.6 Å². The second kappa shape index (κ2) is 4.99. The van der Waals surface area contributed by atoms with Crippen LogP contribution >= 0.6 is 11.3 Å². The van der Waals surface area contributed by atoms with Crippen molar-refractivity contribution in [3.63, 3.8) is 0 Å². The van der Waals surface area contributed by atoms with E-state index in [4.69, 9.17) is 4.74 Å². The third kappa shape index (κ3) is 3.16. The van der Waals surface area contributed by atoms with Gasteiger partial charge in [0, 0.05) is 12.0 Å². The van der Waals surface area contributed by atoms with E-state index in [0.29, 0.717) is 6.54 Å². The van der Waals surface area contributed by atoms with Crippen LogP contribution in [0.4, 0.5) is 0 Å². The summed E-state index contributed by atoms with van der Waals surface area (Å²) in [7, 11) is 1.51. The first-order valence-corrected chi connectivity index (χ1v) is 4.90. The Labute approximate surface area is 81.7 Å². The van der Waals surface area contributed by atoms with Crippen LogP contribution in [0, 0.1) is 6.92 Å². The summed E-state index contributed by atoms with van der Waals surface area (Å²) in [5, 5.41) is 4.79. The molecule has 1 aromatic rings. The normalized spacial score (nSPS) is 10.0. The van der Waals surface area contributed by atoms with Crippen molar-refractivity contribution in [3.8, 4) is 0 Å². The second-order valence-electron chi connectivity index (χ2n) is 2.74. The number of ether oxygens (including phenoxy) is 1. The first-order chi connectivity index (χ1) is 6.24. The smallest absolute Gasteiger partial charge is 0.246 e. The lowest BCUT2D eigenvalue weighted by atomic mass is 10.3. The van der Waals surface area contributed by atoms with Gasteiger partial charge in [0.1, 0.15) is 6.61 Å². The zero-order chi connectivity index (χ0) is 9.68. The van der Waals surface area contributed by atoms with Gasteiger partial charge in [-0.05, 0) is 23.9 Å². The van der Waals surface area contributed by atoms with Crippen LogP contribution in [0.15, 0.2) is 11.4 Å². The van der Waals surface area contributed by atoms with Crippen LogP contribution < -0.4 is 5.32 Å². The minimum Gasteiger partial charge on any atom is -0.375 e. The molecule has 1 N–H and O–H groups in total. The van der Waals surface area contributed by atoms with Crippen LogP contribution in [-0.2, 0) is 16.1 Å². The fourth-order valence-corrected chi connectivity index (χ4v) is 1.79. The quantitative estimate of drug-likeness (QED) is 0.794. The zero-order valence-corrected chi connectivity index (χ0v) is 8.61. The summed E-state index contributed by atoms with van der Waals surface area (Å²) in [6, 6.07) is 2.04. The van der Waals surface area contributed by atoms with Crippen LogP contribution in [0.3, 0.4) is 0 Å². The number of hydrogen-bond donors (Lipinski definition) is 1. The molecule has 0 fully saturated rings. The molecule has 0 atom stereocenters. The van der Waals surface area contributed by atoms with Gasteiger partial charge >= 0.3 is 0 Å². The van der Waals surface area contributed by atoms with Gasteiger partial charge in [-0.15, -0.1) is 11.3 Å².